The van der Waals surface area contributed by atoms with Gasteiger partial charge in [0.15, 0.2) is 0 Å². The molecule has 2 aromatic rings. The monoisotopic (exact) mass is 413 g/mol. The molecule has 164 valence electrons. The van der Waals surface area contributed by atoms with Crippen LogP contribution in [-0.4, -0.2) is 76.9 Å². The van der Waals surface area contributed by atoms with E-state index in [1.165, 1.54) is 44.5 Å². The number of anilines is 1. The molecule has 2 saturated heterocycles. The number of hydrogen-bond acceptors (Lipinski definition) is 5. The van der Waals surface area contributed by atoms with Gasteiger partial charge in [-0.2, -0.15) is 5.10 Å². The predicted octanol–water partition coefficient (Wildman–Crippen LogP) is 3.42. The van der Waals surface area contributed by atoms with Gasteiger partial charge in [-0.05, 0) is 77.7 Å². The van der Waals surface area contributed by atoms with Crippen LogP contribution in [0.2, 0.25) is 0 Å². The van der Waals surface area contributed by atoms with Crippen molar-refractivity contribution in [3.8, 4) is 0 Å². The van der Waals surface area contributed by atoms with Crippen LogP contribution < -0.4 is 4.90 Å². The largest absolute Gasteiger partial charge is 0.444 e. The van der Waals surface area contributed by atoms with Crippen LogP contribution in [0.4, 0.5) is 10.5 Å². The summed E-state index contributed by atoms with van der Waals surface area (Å²) in [6.45, 7) is 12.4. The third kappa shape index (κ3) is 5.06. The molecular weight excluding hydrogens is 378 g/mol. The number of fused-ring (bicyclic) bond motifs is 1. The van der Waals surface area contributed by atoms with Crippen molar-refractivity contribution in [2.24, 2.45) is 0 Å². The fourth-order valence-corrected chi connectivity index (χ4v) is 4.37. The number of amides is 1. The smallest absolute Gasteiger partial charge is 0.410 e. The van der Waals surface area contributed by atoms with E-state index in [-0.39, 0.29) is 6.09 Å². The van der Waals surface area contributed by atoms with Gasteiger partial charge in [0, 0.05) is 32.4 Å². The fourth-order valence-electron chi connectivity index (χ4n) is 4.37. The van der Waals surface area contributed by atoms with Gasteiger partial charge in [-0.3, -0.25) is 0 Å². The molecule has 1 amide bonds. The van der Waals surface area contributed by atoms with Crippen molar-refractivity contribution in [1.29, 1.82) is 0 Å². The average molecular weight is 414 g/mol. The second kappa shape index (κ2) is 8.84. The summed E-state index contributed by atoms with van der Waals surface area (Å²) >= 11 is 0. The van der Waals surface area contributed by atoms with Crippen molar-refractivity contribution in [2.45, 2.75) is 52.1 Å². The Bertz CT molecular complexity index is 858. The van der Waals surface area contributed by atoms with Gasteiger partial charge in [-0.1, -0.05) is 6.07 Å². The Balaban J connectivity index is 1.33. The van der Waals surface area contributed by atoms with Crippen LogP contribution in [0.25, 0.3) is 5.52 Å². The second-order valence-corrected chi connectivity index (χ2v) is 9.50. The number of hydrogen-bond donors (Lipinski definition) is 0. The van der Waals surface area contributed by atoms with Crippen LogP contribution in [0.15, 0.2) is 24.5 Å². The number of pyridine rings is 1. The first-order valence-electron chi connectivity index (χ1n) is 11.3. The Labute approximate surface area is 179 Å². The van der Waals surface area contributed by atoms with Crippen molar-refractivity contribution in [2.75, 3.05) is 50.7 Å². The lowest BCUT2D eigenvalue weighted by atomic mass is 10.1. The van der Waals surface area contributed by atoms with E-state index in [0.717, 1.165) is 30.7 Å². The van der Waals surface area contributed by atoms with Gasteiger partial charge in [0.05, 0.1) is 17.4 Å². The molecule has 0 N–H and O–H groups in total. The molecule has 7 nitrogen and oxygen atoms in total. The van der Waals surface area contributed by atoms with Crippen LogP contribution >= 0.6 is 0 Å². The first-order valence-corrected chi connectivity index (χ1v) is 11.3. The zero-order valence-corrected chi connectivity index (χ0v) is 18.6. The summed E-state index contributed by atoms with van der Waals surface area (Å²) in [5.41, 5.74) is 3.15. The molecule has 0 atom stereocenters. The number of carbonyl (C=O) groups is 1. The maximum atomic E-state index is 12.3. The summed E-state index contributed by atoms with van der Waals surface area (Å²) in [6.07, 6.45) is 8.90. The third-order valence-corrected chi connectivity index (χ3v) is 5.97. The van der Waals surface area contributed by atoms with E-state index in [2.05, 4.69) is 33.2 Å². The first-order chi connectivity index (χ1) is 14.4. The van der Waals surface area contributed by atoms with Gasteiger partial charge in [0.25, 0.3) is 0 Å². The molecule has 0 unspecified atom stereocenters. The quantitative estimate of drug-likeness (QED) is 0.752. The standard InChI is InChI=1S/C23H35N5O2/c1-23(2,3)30-22(29)27-15-13-26(14-16-27)21-17-24-28-18-19(8-9-20(21)28)7-6-12-25-10-4-5-11-25/h8-9,17-18H,4-7,10-16H2,1-3H3. The second-order valence-electron chi connectivity index (χ2n) is 9.50. The molecule has 30 heavy (non-hydrogen) atoms. The van der Waals surface area contributed by atoms with E-state index in [1.54, 1.807) is 4.90 Å². The van der Waals surface area contributed by atoms with Crippen molar-refractivity contribution in [3.63, 3.8) is 0 Å². The lowest BCUT2D eigenvalue weighted by Gasteiger charge is -2.36. The predicted molar refractivity (Wildman–Crippen MR) is 119 cm³/mol. The number of rotatable bonds is 5. The SMILES string of the molecule is CC(C)(C)OC(=O)N1CCN(c2cnn3cc(CCCN4CCCC4)ccc23)CC1. The molecule has 2 aliphatic heterocycles. The lowest BCUT2D eigenvalue weighted by molar-refractivity contribution is 0.0240. The van der Waals surface area contributed by atoms with Crippen LogP contribution in [0.3, 0.4) is 0 Å². The van der Waals surface area contributed by atoms with E-state index in [1.807, 2.05) is 31.5 Å². The number of piperazine rings is 1. The Morgan fingerprint density at radius 1 is 1.07 bits per heavy atom. The van der Waals surface area contributed by atoms with Gasteiger partial charge in [-0.15, -0.1) is 0 Å². The number of aryl methyl sites for hydroxylation is 1. The number of carbonyl (C=O) groups excluding carboxylic acids is 1. The van der Waals surface area contributed by atoms with Gasteiger partial charge < -0.3 is 19.4 Å². The third-order valence-electron chi connectivity index (χ3n) is 5.97. The van der Waals surface area contributed by atoms with Crippen molar-refractivity contribution in [1.82, 2.24) is 19.4 Å². The highest BCUT2D eigenvalue weighted by Crippen LogP contribution is 2.24. The van der Waals surface area contributed by atoms with Crippen LogP contribution in [-0.2, 0) is 11.2 Å². The molecule has 0 aromatic carbocycles. The minimum atomic E-state index is -0.456. The summed E-state index contributed by atoms with van der Waals surface area (Å²) in [7, 11) is 0. The molecule has 2 aliphatic rings. The minimum absolute atomic E-state index is 0.222. The molecular formula is C23H35N5O2. The number of ether oxygens (including phenoxy) is 1. The normalized spacial score (nSPS) is 18.4. The number of aromatic nitrogens is 2. The van der Waals surface area contributed by atoms with E-state index in [9.17, 15) is 4.79 Å². The van der Waals surface area contributed by atoms with E-state index < -0.39 is 5.60 Å². The molecule has 7 heteroatoms. The summed E-state index contributed by atoms with van der Waals surface area (Å²) in [5.74, 6) is 0. The zero-order valence-electron chi connectivity index (χ0n) is 18.6. The summed E-state index contributed by atoms with van der Waals surface area (Å²) in [5, 5.41) is 4.60. The molecule has 4 rings (SSSR count). The Morgan fingerprint density at radius 3 is 2.50 bits per heavy atom. The van der Waals surface area contributed by atoms with Gasteiger partial charge >= 0.3 is 6.09 Å². The zero-order chi connectivity index (χ0) is 21.1. The molecule has 0 radical (unpaired) electrons. The molecule has 0 aliphatic carbocycles. The van der Waals surface area contributed by atoms with Crippen LogP contribution in [0, 0.1) is 0 Å². The average Bonchev–Trinajstić information content (AvgIpc) is 3.36. The maximum Gasteiger partial charge on any atom is 0.410 e. The number of nitrogens with zero attached hydrogens (tertiary/aromatic N) is 5. The van der Waals surface area contributed by atoms with Crippen LogP contribution in [0.1, 0.15) is 45.6 Å². The van der Waals surface area contributed by atoms with Gasteiger partial charge in [-0.25, -0.2) is 9.31 Å². The molecule has 2 fully saturated rings. The van der Waals surface area contributed by atoms with E-state index in [0.29, 0.717) is 13.1 Å². The summed E-state index contributed by atoms with van der Waals surface area (Å²) in [6, 6.07) is 4.43. The fraction of sp³-hybridized carbons (Fsp3) is 0.652. The maximum absolute atomic E-state index is 12.3. The Kier molecular flexibility index (Phi) is 6.18. The Morgan fingerprint density at radius 2 is 1.80 bits per heavy atom. The summed E-state index contributed by atoms with van der Waals surface area (Å²) in [4.78, 5) is 19.0. The van der Waals surface area contributed by atoms with Crippen LogP contribution in [0.5, 0.6) is 0 Å². The van der Waals surface area contributed by atoms with E-state index >= 15 is 0 Å². The molecule has 0 spiro atoms. The topological polar surface area (TPSA) is 53.3 Å². The molecule has 4 heterocycles. The van der Waals surface area contributed by atoms with Crippen molar-refractivity contribution < 1.29 is 9.53 Å². The minimum Gasteiger partial charge on any atom is -0.444 e. The highest BCUT2D eigenvalue weighted by atomic mass is 16.6. The first kappa shape index (κ1) is 21.0. The highest BCUT2D eigenvalue weighted by molar-refractivity contribution is 5.73. The van der Waals surface area contributed by atoms with Gasteiger partial charge in [0.2, 0.25) is 0 Å². The molecule has 2 aromatic heterocycles. The molecule has 0 saturated carbocycles. The van der Waals surface area contributed by atoms with Crippen molar-refractivity contribution in [3.05, 3.63) is 30.1 Å². The molecule has 0 bridgehead atoms. The number of likely N-dealkylation sites (tertiary alicyclic amines) is 1. The highest BCUT2D eigenvalue weighted by Gasteiger charge is 2.27. The summed E-state index contributed by atoms with van der Waals surface area (Å²) < 4.78 is 7.50. The van der Waals surface area contributed by atoms with E-state index in [4.69, 9.17) is 4.74 Å². The van der Waals surface area contributed by atoms with Crippen molar-refractivity contribution >= 4 is 17.3 Å². The Hall–Kier alpha value is -2.28. The van der Waals surface area contributed by atoms with Gasteiger partial charge in [0.1, 0.15) is 5.60 Å². The lowest BCUT2D eigenvalue weighted by Crippen LogP contribution is -2.50.